The first-order valence-electron chi connectivity index (χ1n) is 5.73. The number of nitrogen functional groups attached to an aromatic ring is 1. The first kappa shape index (κ1) is 12.2. The number of nitrogens with two attached hydrogens (primary N) is 1. The van der Waals surface area contributed by atoms with Gasteiger partial charge in [-0.25, -0.2) is 14.6 Å². The molecular formula is C12H16N6. The molecule has 0 unspecified atom stereocenters. The monoisotopic (exact) mass is 244 g/mol. The van der Waals surface area contributed by atoms with Gasteiger partial charge in [0.05, 0.1) is 5.69 Å². The molecule has 94 valence electrons. The topological polar surface area (TPSA) is 93.5 Å². The van der Waals surface area contributed by atoms with Crippen LogP contribution < -0.4 is 5.73 Å². The Hall–Kier alpha value is -2.24. The van der Waals surface area contributed by atoms with Crippen LogP contribution in [0.3, 0.4) is 0 Å². The van der Waals surface area contributed by atoms with Gasteiger partial charge >= 0.3 is 0 Å². The van der Waals surface area contributed by atoms with Gasteiger partial charge in [-0.15, -0.1) is 0 Å². The number of hydrogen-bond donors (Lipinski definition) is 2. The maximum atomic E-state index is 7.42. The molecule has 0 radical (unpaired) electrons. The van der Waals surface area contributed by atoms with Gasteiger partial charge in [0.2, 0.25) is 0 Å². The Labute approximate surface area is 105 Å². The fourth-order valence-corrected chi connectivity index (χ4v) is 1.55. The van der Waals surface area contributed by atoms with Crippen molar-refractivity contribution < 1.29 is 0 Å². The van der Waals surface area contributed by atoms with Crippen LogP contribution in [0.15, 0.2) is 18.3 Å². The van der Waals surface area contributed by atoms with Crippen molar-refractivity contribution in [2.24, 2.45) is 5.73 Å². The largest absolute Gasteiger partial charge is 0.382 e. The van der Waals surface area contributed by atoms with E-state index >= 15 is 0 Å². The minimum absolute atomic E-state index is 0.0713. The number of amidine groups is 1. The number of rotatable bonds is 3. The zero-order chi connectivity index (χ0) is 13.3. The van der Waals surface area contributed by atoms with Crippen LogP contribution >= 0.6 is 0 Å². The summed E-state index contributed by atoms with van der Waals surface area (Å²) in [6, 6.07) is 3.61. The molecule has 0 aliphatic heterocycles. The molecule has 0 saturated carbocycles. The smallest absolute Gasteiger partial charge is 0.251 e. The molecule has 2 aromatic rings. The molecule has 2 heterocycles. The van der Waals surface area contributed by atoms with Gasteiger partial charge in [0.25, 0.3) is 5.95 Å². The number of aryl methyl sites for hydroxylation is 1. The van der Waals surface area contributed by atoms with Gasteiger partial charge in [0.15, 0.2) is 0 Å². The molecule has 0 aromatic carbocycles. The quantitative estimate of drug-likeness (QED) is 0.630. The second-order valence-electron chi connectivity index (χ2n) is 4.45. The zero-order valence-corrected chi connectivity index (χ0v) is 10.7. The van der Waals surface area contributed by atoms with E-state index in [0.29, 0.717) is 17.6 Å². The van der Waals surface area contributed by atoms with Crippen LogP contribution in [0.1, 0.15) is 36.8 Å². The third-order valence-electron chi connectivity index (χ3n) is 2.52. The molecule has 0 atom stereocenters. The summed E-state index contributed by atoms with van der Waals surface area (Å²) < 4.78 is 1.61. The average molecular weight is 244 g/mol. The predicted octanol–water partition coefficient (Wildman–Crippen LogP) is 1.38. The van der Waals surface area contributed by atoms with E-state index < -0.39 is 0 Å². The van der Waals surface area contributed by atoms with Crippen molar-refractivity contribution in [3.8, 4) is 5.95 Å². The van der Waals surface area contributed by atoms with Crippen LogP contribution in [0.4, 0.5) is 0 Å². The standard InChI is InChI=1S/C12H16N6/c1-7(2)9-4-5-18(17-9)12-15-8(3)6-10(16-12)11(13)14/h4-7H,1-3H3,(H3,13,14). The highest BCUT2D eigenvalue weighted by Gasteiger charge is 2.09. The van der Waals surface area contributed by atoms with Crippen molar-refractivity contribution in [1.82, 2.24) is 19.7 Å². The summed E-state index contributed by atoms with van der Waals surface area (Å²) in [7, 11) is 0. The molecule has 0 saturated heterocycles. The third-order valence-corrected chi connectivity index (χ3v) is 2.52. The highest BCUT2D eigenvalue weighted by atomic mass is 15.3. The van der Waals surface area contributed by atoms with Gasteiger partial charge in [0.1, 0.15) is 11.5 Å². The molecule has 18 heavy (non-hydrogen) atoms. The molecule has 0 aliphatic carbocycles. The summed E-state index contributed by atoms with van der Waals surface area (Å²) in [4.78, 5) is 8.51. The van der Waals surface area contributed by atoms with Crippen molar-refractivity contribution in [2.45, 2.75) is 26.7 Å². The summed E-state index contributed by atoms with van der Waals surface area (Å²) >= 11 is 0. The van der Waals surface area contributed by atoms with Crippen LogP contribution in [-0.2, 0) is 0 Å². The fraction of sp³-hybridized carbons (Fsp3) is 0.333. The van der Waals surface area contributed by atoms with Crippen molar-refractivity contribution in [2.75, 3.05) is 0 Å². The van der Waals surface area contributed by atoms with Crippen LogP contribution in [0.2, 0.25) is 0 Å². The van der Waals surface area contributed by atoms with E-state index in [1.165, 1.54) is 0 Å². The minimum Gasteiger partial charge on any atom is -0.382 e. The molecule has 0 spiro atoms. The Kier molecular flexibility index (Phi) is 3.10. The van der Waals surface area contributed by atoms with Crippen molar-refractivity contribution in [1.29, 1.82) is 5.41 Å². The summed E-state index contributed by atoms with van der Waals surface area (Å²) in [6.07, 6.45) is 1.81. The lowest BCUT2D eigenvalue weighted by atomic mass is 10.1. The Bertz CT molecular complexity index is 584. The molecule has 6 nitrogen and oxygen atoms in total. The van der Waals surface area contributed by atoms with E-state index in [2.05, 4.69) is 28.9 Å². The highest BCUT2D eigenvalue weighted by molar-refractivity contribution is 5.93. The number of hydrogen-bond acceptors (Lipinski definition) is 4. The molecule has 0 bridgehead atoms. The summed E-state index contributed by atoms with van der Waals surface area (Å²) in [6.45, 7) is 5.99. The average Bonchev–Trinajstić information content (AvgIpc) is 2.77. The SMILES string of the molecule is Cc1cc(C(=N)N)nc(-n2ccc(C(C)C)n2)n1. The summed E-state index contributed by atoms with van der Waals surface area (Å²) in [5.41, 5.74) is 7.59. The minimum atomic E-state index is -0.0713. The molecule has 6 heteroatoms. The molecule has 0 amide bonds. The summed E-state index contributed by atoms with van der Waals surface area (Å²) in [5.74, 6) is 0.716. The number of nitrogens with one attached hydrogen (secondary N) is 1. The first-order valence-corrected chi connectivity index (χ1v) is 5.73. The summed E-state index contributed by atoms with van der Waals surface area (Å²) in [5, 5.41) is 11.8. The van der Waals surface area contributed by atoms with Crippen LogP contribution in [0.25, 0.3) is 5.95 Å². The molecule has 2 aromatic heterocycles. The third kappa shape index (κ3) is 2.37. The molecule has 0 fully saturated rings. The predicted molar refractivity (Wildman–Crippen MR) is 69.0 cm³/mol. The molecule has 3 N–H and O–H groups in total. The van der Waals surface area contributed by atoms with Crippen molar-refractivity contribution in [3.05, 3.63) is 35.4 Å². The lowest BCUT2D eigenvalue weighted by Crippen LogP contribution is -2.16. The van der Waals surface area contributed by atoms with E-state index in [0.717, 1.165) is 11.4 Å². The van der Waals surface area contributed by atoms with Gasteiger partial charge in [-0.1, -0.05) is 13.8 Å². The van der Waals surface area contributed by atoms with Crippen molar-refractivity contribution >= 4 is 5.84 Å². The Balaban J connectivity index is 2.46. The molecular weight excluding hydrogens is 228 g/mol. The van der Waals surface area contributed by atoms with Gasteiger partial charge in [-0.2, -0.15) is 5.10 Å². The van der Waals surface area contributed by atoms with Gasteiger partial charge in [-0.3, -0.25) is 5.41 Å². The van der Waals surface area contributed by atoms with E-state index in [9.17, 15) is 0 Å². The molecule has 2 rings (SSSR count). The number of nitrogens with zero attached hydrogens (tertiary/aromatic N) is 4. The second-order valence-corrected chi connectivity index (χ2v) is 4.45. The lowest BCUT2D eigenvalue weighted by molar-refractivity contribution is 0.738. The van der Waals surface area contributed by atoms with Crippen molar-refractivity contribution in [3.63, 3.8) is 0 Å². The lowest BCUT2D eigenvalue weighted by Gasteiger charge is -2.04. The maximum Gasteiger partial charge on any atom is 0.251 e. The van der Waals surface area contributed by atoms with E-state index in [4.69, 9.17) is 11.1 Å². The first-order chi connectivity index (χ1) is 8.47. The van der Waals surface area contributed by atoms with Crippen LogP contribution in [-0.4, -0.2) is 25.6 Å². The molecule has 0 aliphatic rings. The number of aromatic nitrogens is 4. The van der Waals surface area contributed by atoms with Gasteiger partial charge < -0.3 is 5.73 Å². The van der Waals surface area contributed by atoms with Crippen LogP contribution in [0, 0.1) is 12.3 Å². The Morgan fingerprint density at radius 3 is 2.67 bits per heavy atom. The fourth-order valence-electron chi connectivity index (χ4n) is 1.55. The second kappa shape index (κ2) is 4.56. The van der Waals surface area contributed by atoms with Crippen LogP contribution in [0.5, 0.6) is 0 Å². The van der Waals surface area contributed by atoms with E-state index in [1.54, 1.807) is 10.7 Å². The Morgan fingerprint density at radius 2 is 2.11 bits per heavy atom. The normalized spacial score (nSPS) is 10.9. The highest BCUT2D eigenvalue weighted by Crippen LogP contribution is 2.12. The van der Waals surface area contributed by atoms with E-state index in [1.807, 2.05) is 19.2 Å². The maximum absolute atomic E-state index is 7.42. The zero-order valence-electron chi connectivity index (χ0n) is 10.7. The van der Waals surface area contributed by atoms with Gasteiger partial charge in [-0.05, 0) is 25.0 Å². The van der Waals surface area contributed by atoms with E-state index in [-0.39, 0.29) is 5.84 Å². The van der Waals surface area contributed by atoms with Gasteiger partial charge in [0, 0.05) is 11.9 Å². The Morgan fingerprint density at radius 1 is 1.39 bits per heavy atom.